The molecule has 2 aliphatic rings. The average molecular weight is 304 g/mol. The molecule has 2 fully saturated rings. The third kappa shape index (κ3) is 3.15. The van der Waals surface area contributed by atoms with E-state index in [4.69, 9.17) is 4.74 Å². The number of hydrogen-bond donors (Lipinski definition) is 0. The predicted octanol–water partition coefficient (Wildman–Crippen LogP) is 1.49. The van der Waals surface area contributed by atoms with Crippen molar-refractivity contribution in [2.24, 2.45) is 11.8 Å². The Kier molecular flexibility index (Phi) is 4.18. The largest absolute Gasteiger partial charge is 0.478 e. The van der Waals surface area contributed by atoms with Crippen molar-refractivity contribution in [3.63, 3.8) is 0 Å². The molecule has 0 aromatic carbocycles. The van der Waals surface area contributed by atoms with Crippen LogP contribution in [0.25, 0.3) is 0 Å². The van der Waals surface area contributed by atoms with Crippen molar-refractivity contribution in [1.29, 1.82) is 0 Å². The highest BCUT2D eigenvalue weighted by molar-refractivity contribution is 5.81. The fraction of sp³-hybridized carbons (Fsp3) is 0.688. The first kappa shape index (κ1) is 15.1. The topological polar surface area (TPSA) is 58.6 Å². The van der Waals surface area contributed by atoms with Crippen LogP contribution in [-0.2, 0) is 4.79 Å². The molecule has 6 nitrogen and oxygen atoms in total. The van der Waals surface area contributed by atoms with Gasteiger partial charge in [-0.3, -0.25) is 4.79 Å². The molecule has 1 amide bonds. The van der Waals surface area contributed by atoms with E-state index >= 15 is 0 Å². The van der Waals surface area contributed by atoms with Gasteiger partial charge in [-0.1, -0.05) is 6.92 Å². The molecule has 120 valence electrons. The van der Waals surface area contributed by atoms with Gasteiger partial charge in [0.15, 0.2) is 0 Å². The number of anilines is 1. The first-order valence-corrected chi connectivity index (χ1v) is 8.10. The number of amides is 1. The monoisotopic (exact) mass is 304 g/mol. The van der Waals surface area contributed by atoms with Gasteiger partial charge >= 0.3 is 0 Å². The number of carbonyl (C=O) groups is 1. The molecule has 0 radical (unpaired) electrons. The molecule has 1 aromatic rings. The minimum atomic E-state index is 0.270. The van der Waals surface area contributed by atoms with E-state index in [-0.39, 0.29) is 5.92 Å². The zero-order chi connectivity index (χ0) is 15.7. The van der Waals surface area contributed by atoms with Crippen molar-refractivity contribution in [3.8, 4) is 5.88 Å². The summed E-state index contributed by atoms with van der Waals surface area (Å²) >= 11 is 0. The van der Waals surface area contributed by atoms with Crippen molar-refractivity contribution in [1.82, 2.24) is 14.9 Å². The first-order valence-electron chi connectivity index (χ1n) is 8.10. The predicted molar refractivity (Wildman–Crippen MR) is 84.0 cm³/mol. The third-order valence-corrected chi connectivity index (χ3v) is 4.41. The zero-order valence-corrected chi connectivity index (χ0v) is 13.6. The van der Waals surface area contributed by atoms with Gasteiger partial charge in [-0.05, 0) is 26.2 Å². The minimum absolute atomic E-state index is 0.270. The van der Waals surface area contributed by atoms with Crippen molar-refractivity contribution in [3.05, 3.63) is 11.8 Å². The van der Waals surface area contributed by atoms with Crippen LogP contribution in [0.5, 0.6) is 5.88 Å². The first-order chi connectivity index (χ1) is 10.6. The molecule has 3 rings (SSSR count). The summed E-state index contributed by atoms with van der Waals surface area (Å²) in [6.07, 6.45) is 1.05. The zero-order valence-electron chi connectivity index (χ0n) is 13.6. The standard InChI is InChI=1S/C16H24N4O2/c1-4-22-14-10-12(3)17-16(18-14)20-7-5-19(6-8-20)15(21)13-9-11(13)2/h10-11,13H,4-9H2,1-3H3/t11-,13+/m1/s1. The summed E-state index contributed by atoms with van der Waals surface area (Å²) in [7, 11) is 0. The van der Waals surface area contributed by atoms with E-state index in [2.05, 4.69) is 21.8 Å². The van der Waals surface area contributed by atoms with E-state index in [9.17, 15) is 4.79 Å². The van der Waals surface area contributed by atoms with Crippen molar-refractivity contribution in [2.45, 2.75) is 27.2 Å². The summed E-state index contributed by atoms with van der Waals surface area (Å²) in [5.74, 6) is 2.49. The number of aromatic nitrogens is 2. The third-order valence-electron chi connectivity index (χ3n) is 4.41. The van der Waals surface area contributed by atoms with Gasteiger partial charge in [0.2, 0.25) is 17.7 Å². The van der Waals surface area contributed by atoms with Crippen LogP contribution in [0.1, 0.15) is 26.0 Å². The van der Waals surface area contributed by atoms with E-state index < -0.39 is 0 Å². The molecular formula is C16H24N4O2. The summed E-state index contributed by atoms with van der Waals surface area (Å²) in [5.41, 5.74) is 0.902. The summed E-state index contributed by atoms with van der Waals surface area (Å²) in [6.45, 7) is 9.70. The smallest absolute Gasteiger partial charge is 0.228 e. The van der Waals surface area contributed by atoms with Crippen LogP contribution < -0.4 is 9.64 Å². The SMILES string of the molecule is CCOc1cc(C)nc(N2CCN(C(=O)[C@H]3C[C@H]3C)CC2)n1. The second-order valence-electron chi connectivity index (χ2n) is 6.21. The van der Waals surface area contributed by atoms with Crippen LogP contribution in [0, 0.1) is 18.8 Å². The maximum Gasteiger partial charge on any atom is 0.228 e. The average Bonchev–Trinajstić information content (AvgIpc) is 3.23. The molecule has 1 saturated heterocycles. The Morgan fingerprint density at radius 2 is 2.00 bits per heavy atom. The number of nitrogens with zero attached hydrogens (tertiary/aromatic N) is 4. The van der Waals surface area contributed by atoms with Gasteiger partial charge < -0.3 is 14.5 Å². The van der Waals surface area contributed by atoms with Crippen LogP contribution >= 0.6 is 0 Å². The van der Waals surface area contributed by atoms with Gasteiger partial charge in [-0.2, -0.15) is 4.98 Å². The van der Waals surface area contributed by atoms with Gasteiger partial charge in [0, 0.05) is 43.9 Å². The summed E-state index contributed by atoms with van der Waals surface area (Å²) < 4.78 is 5.49. The van der Waals surface area contributed by atoms with Crippen LogP contribution in [0.2, 0.25) is 0 Å². The van der Waals surface area contributed by atoms with Crippen molar-refractivity contribution in [2.75, 3.05) is 37.7 Å². The van der Waals surface area contributed by atoms with Gasteiger partial charge in [0.1, 0.15) is 0 Å². The molecular weight excluding hydrogens is 280 g/mol. The van der Waals surface area contributed by atoms with Gasteiger partial charge in [-0.25, -0.2) is 4.98 Å². The summed E-state index contributed by atoms with van der Waals surface area (Å²) in [5, 5.41) is 0. The van der Waals surface area contributed by atoms with E-state index in [0.717, 1.165) is 38.3 Å². The maximum atomic E-state index is 12.3. The van der Waals surface area contributed by atoms with E-state index in [0.29, 0.717) is 30.3 Å². The van der Waals surface area contributed by atoms with E-state index in [1.807, 2.05) is 24.8 Å². The van der Waals surface area contributed by atoms with Crippen LogP contribution in [-0.4, -0.2) is 53.6 Å². The van der Waals surface area contributed by atoms with Crippen LogP contribution in [0.4, 0.5) is 5.95 Å². The number of rotatable bonds is 4. The minimum Gasteiger partial charge on any atom is -0.478 e. The van der Waals surface area contributed by atoms with E-state index in [1.165, 1.54) is 0 Å². The molecule has 1 aliphatic carbocycles. The molecule has 0 unspecified atom stereocenters. The number of ether oxygens (including phenoxy) is 1. The Balaban J connectivity index is 1.62. The Bertz CT molecular complexity index is 555. The molecule has 2 atom stereocenters. The maximum absolute atomic E-state index is 12.3. The quantitative estimate of drug-likeness (QED) is 0.843. The Morgan fingerprint density at radius 1 is 1.32 bits per heavy atom. The number of aryl methyl sites for hydroxylation is 1. The Labute approximate surface area is 131 Å². The lowest BCUT2D eigenvalue weighted by molar-refractivity contribution is -0.133. The molecule has 1 aliphatic heterocycles. The molecule has 0 spiro atoms. The van der Waals surface area contributed by atoms with Crippen LogP contribution in [0.3, 0.4) is 0 Å². The molecule has 0 bridgehead atoms. The van der Waals surface area contributed by atoms with Crippen LogP contribution in [0.15, 0.2) is 6.07 Å². The lowest BCUT2D eigenvalue weighted by atomic mass is 10.2. The molecule has 0 N–H and O–H groups in total. The van der Waals surface area contributed by atoms with E-state index in [1.54, 1.807) is 0 Å². The molecule has 6 heteroatoms. The molecule has 2 heterocycles. The molecule has 1 saturated carbocycles. The van der Waals surface area contributed by atoms with Gasteiger partial charge in [-0.15, -0.1) is 0 Å². The molecule has 22 heavy (non-hydrogen) atoms. The fourth-order valence-corrected chi connectivity index (χ4v) is 2.92. The summed E-state index contributed by atoms with van der Waals surface area (Å²) in [4.78, 5) is 25.4. The second-order valence-corrected chi connectivity index (χ2v) is 6.21. The lowest BCUT2D eigenvalue weighted by Gasteiger charge is -2.35. The number of carbonyl (C=O) groups excluding carboxylic acids is 1. The number of hydrogen-bond acceptors (Lipinski definition) is 5. The highest BCUT2D eigenvalue weighted by Gasteiger charge is 2.42. The summed E-state index contributed by atoms with van der Waals surface area (Å²) in [6, 6.07) is 1.85. The second kappa shape index (κ2) is 6.10. The highest BCUT2D eigenvalue weighted by Crippen LogP contribution is 2.39. The normalized spacial score (nSPS) is 24.3. The Hall–Kier alpha value is -1.85. The van der Waals surface area contributed by atoms with Crippen molar-refractivity contribution < 1.29 is 9.53 Å². The lowest BCUT2D eigenvalue weighted by Crippen LogP contribution is -2.49. The highest BCUT2D eigenvalue weighted by atomic mass is 16.5. The fourth-order valence-electron chi connectivity index (χ4n) is 2.92. The molecule has 1 aromatic heterocycles. The van der Waals surface area contributed by atoms with Crippen molar-refractivity contribution >= 4 is 11.9 Å². The van der Waals surface area contributed by atoms with Gasteiger partial charge in [0.05, 0.1) is 6.61 Å². The van der Waals surface area contributed by atoms with Gasteiger partial charge in [0.25, 0.3) is 0 Å². The number of piperazine rings is 1. The Morgan fingerprint density at radius 3 is 2.59 bits per heavy atom.